The molecule has 0 fully saturated rings. The van der Waals surface area contributed by atoms with Crippen molar-refractivity contribution in [3.05, 3.63) is 35.4 Å². The van der Waals surface area contributed by atoms with Gasteiger partial charge in [0.25, 0.3) is 0 Å². The summed E-state index contributed by atoms with van der Waals surface area (Å²) >= 11 is 0. The summed E-state index contributed by atoms with van der Waals surface area (Å²) in [6.07, 6.45) is 7.35. The van der Waals surface area contributed by atoms with Gasteiger partial charge in [-0.1, -0.05) is 56.9 Å². The molecular weight excluding hydrogens is 276 g/mol. The Morgan fingerprint density at radius 2 is 1.59 bits per heavy atom. The Hall–Kier alpha value is -1.64. The van der Waals surface area contributed by atoms with E-state index in [1.54, 1.807) is 13.8 Å². The molecule has 1 aromatic rings. The number of ether oxygens (including phenoxy) is 1. The first kappa shape index (κ1) is 18.4. The van der Waals surface area contributed by atoms with Crippen molar-refractivity contribution in [3.8, 4) is 0 Å². The number of Topliss-reactive ketones (excluding diaryl/α,β-unsaturated/α-hetero) is 1. The van der Waals surface area contributed by atoms with Crippen LogP contribution in [0.15, 0.2) is 24.3 Å². The minimum Gasteiger partial charge on any atom is -0.451 e. The summed E-state index contributed by atoms with van der Waals surface area (Å²) in [5.41, 5.74) is 0.715. The molecule has 0 N–H and O–H groups in total. The van der Waals surface area contributed by atoms with Crippen molar-refractivity contribution >= 4 is 11.8 Å². The molecule has 1 aromatic carbocycles. The minimum atomic E-state index is -1.12. The van der Waals surface area contributed by atoms with E-state index < -0.39 is 11.6 Å². The van der Waals surface area contributed by atoms with Crippen LogP contribution in [0.2, 0.25) is 0 Å². The van der Waals surface area contributed by atoms with Crippen LogP contribution in [0.1, 0.15) is 75.7 Å². The molecule has 0 aromatic heterocycles. The normalized spacial score (nSPS) is 11.3. The Kier molecular flexibility index (Phi) is 7.30. The third kappa shape index (κ3) is 6.00. The fourth-order valence-electron chi connectivity index (χ4n) is 2.51. The topological polar surface area (TPSA) is 43.4 Å². The van der Waals surface area contributed by atoms with Gasteiger partial charge in [0.1, 0.15) is 0 Å². The van der Waals surface area contributed by atoms with Gasteiger partial charge in [-0.15, -0.1) is 0 Å². The standard InChI is InChI=1S/C19H28O3/c1-5-6-7-8-9-10-16-11-13-17(14-12-16)18(21)19(3,4)22-15(2)20/h11-14H,5-10H2,1-4H3. The average molecular weight is 304 g/mol. The maximum absolute atomic E-state index is 12.4. The number of unbranched alkanes of at least 4 members (excludes halogenated alkanes) is 4. The first-order valence-electron chi connectivity index (χ1n) is 8.20. The number of rotatable bonds is 9. The molecule has 0 atom stereocenters. The van der Waals surface area contributed by atoms with Crippen LogP contribution in [0.3, 0.4) is 0 Å². The van der Waals surface area contributed by atoms with E-state index in [0.29, 0.717) is 5.56 Å². The molecule has 0 amide bonds. The summed E-state index contributed by atoms with van der Waals surface area (Å²) in [4.78, 5) is 23.4. The van der Waals surface area contributed by atoms with Crippen molar-refractivity contribution in [3.63, 3.8) is 0 Å². The number of hydrogen-bond acceptors (Lipinski definition) is 3. The number of hydrogen-bond donors (Lipinski definition) is 0. The second-order valence-electron chi connectivity index (χ2n) is 6.29. The van der Waals surface area contributed by atoms with E-state index in [-0.39, 0.29) is 5.78 Å². The van der Waals surface area contributed by atoms with Crippen molar-refractivity contribution in [1.82, 2.24) is 0 Å². The SMILES string of the molecule is CCCCCCCc1ccc(C(=O)C(C)(C)OC(C)=O)cc1. The molecule has 0 bridgehead atoms. The van der Waals surface area contributed by atoms with E-state index in [1.165, 1.54) is 44.6 Å². The number of aryl methyl sites for hydroxylation is 1. The smallest absolute Gasteiger partial charge is 0.303 e. The molecule has 0 radical (unpaired) electrons. The Morgan fingerprint density at radius 1 is 1.00 bits per heavy atom. The first-order chi connectivity index (χ1) is 10.4. The molecule has 0 saturated heterocycles. The molecule has 0 aliphatic rings. The van der Waals surface area contributed by atoms with Gasteiger partial charge in [0.15, 0.2) is 5.60 Å². The molecule has 0 aliphatic carbocycles. The summed E-state index contributed by atoms with van der Waals surface area (Å²) in [7, 11) is 0. The van der Waals surface area contributed by atoms with Crippen LogP contribution in [0.5, 0.6) is 0 Å². The van der Waals surface area contributed by atoms with Crippen molar-refractivity contribution < 1.29 is 14.3 Å². The van der Waals surface area contributed by atoms with Gasteiger partial charge in [0.05, 0.1) is 0 Å². The largest absolute Gasteiger partial charge is 0.451 e. The van der Waals surface area contributed by atoms with Gasteiger partial charge < -0.3 is 4.74 Å². The lowest BCUT2D eigenvalue weighted by molar-refractivity contribution is -0.149. The Labute approximate surface area is 134 Å². The zero-order valence-electron chi connectivity index (χ0n) is 14.3. The molecule has 0 unspecified atom stereocenters. The van der Waals surface area contributed by atoms with Crippen LogP contribution in [0.4, 0.5) is 0 Å². The second kappa shape index (κ2) is 8.72. The summed E-state index contributed by atoms with van der Waals surface area (Å²) < 4.78 is 5.10. The summed E-state index contributed by atoms with van der Waals surface area (Å²) in [6, 6.07) is 7.65. The predicted molar refractivity (Wildman–Crippen MR) is 89.1 cm³/mol. The highest BCUT2D eigenvalue weighted by Gasteiger charge is 2.31. The van der Waals surface area contributed by atoms with E-state index in [1.807, 2.05) is 24.3 Å². The molecule has 0 saturated carbocycles. The number of ketones is 1. The lowest BCUT2D eigenvalue weighted by Gasteiger charge is -2.22. The van der Waals surface area contributed by atoms with Crippen LogP contribution in [0.25, 0.3) is 0 Å². The lowest BCUT2D eigenvalue weighted by Crippen LogP contribution is -2.36. The van der Waals surface area contributed by atoms with Gasteiger partial charge in [-0.2, -0.15) is 0 Å². The van der Waals surface area contributed by atoms with Gasteiger partial charge in [-0.25, -0.2) is 0 Å². The van der Waals surface area contributed by atoms with E-state index in [4.69, 9.17) is 4.74 Å². The van der Waals surface area contributed by atoms with Crippen molar-refractivity contribution in [2.75, 3.05) is 0 Å². The molecule has 3 heteroatoms. The highest BCUT2D eigenvalue weighted by molar-refractivity contribution is 6.02. The van der Waals surface area contributed by atoms with Gasteiger partial charge in [-0.05, 0) is 32.3 Å². The van der Waals surface area contributed by atoms with Gasteiger partial charge >= 0.3 is 5.97 Å². The third-order valence-corrected chi connectivity index (χ3v) is 3.73. The van der Waals surface area contributed by atoms with Crippen LogP contribution < -0.4 is 0 Å². The van der Waals surface area contributed by atoms with E-state index >= 15 is 0 Å². The van der Waals surface area contributed by atoms with Crippen LogP contribution >= 0.6 is 0 Å². The summed E-state index contributed by atoms with van der Waals surface area (Å²) in [6.45, 7) is 6.78. The Morgan fingerprint density at radius 3 is 2.14 bits per heavy atom. The molecule has 0 aliphatic heterocycles. The van der Waals surface area contributed by atoms with Crippen molar-refractivity contribution in [2.24, 2.45) is 0 Å². The number of benzene rings is 1. The Balaban J connectivity index is 2.57. The molecular formula is C19H28O3. The molecule has 1 rings (SSSR count). The van der Waals surface area contributed by atoms with E-state index in [0.717, 1.165) is 6.42 Å². The predicted octanol–water partition coefficient (Wildman–Crippen LogP) is 4.72. The number of carbonyl (C=O) groups is 2. The fourth-order valence-corrected chi connectivity index (χ4v) is 2.51. The van der Waals surface area contributed by atoms with E-state index in [9.17, 15) is 9.59 Å². The third-order valence-electron chi connectivity index (χ3n) is 3.73. The van der Waals surface area contributed by atoms with E-state index in [2.05, 4.69) is 6.92 Å². The quantitative estimate of drug-likeness (QED) is 0.376. The second-order valence-corrected chi connectivity index (χ2v) is 6.29. The summed E-state index contributed by atoms with van der Waals surface area (Å²) in [5, 5.41) is 0. The number of carbonyl (C=O) groups excluding carboxylic acids is 2. The summed E-state index contributed by atoms with van der Waals surface area (Å²) in [5.74, 6) is -0.612. The lowest BCUT2D eigenvalue weighted by atomic mass is 9.95. The highest BCUT2D eigenvalue weighted by atomic mass is 16.6. The average Bonchev–Trinajstić information content (AvgIpc) is 2.45. The van der Waals surface area contributed by atoms with Crippen LogP contribution in [-0.4, -0.2) is 17.4 Å². The van der Waals surface area contributed by atoms with Crippen LogP contribution in [0, 0.1) is 0 Å². The van der Waals surface area contributed by atoms with Gasteiger partial charge in [0, 0.05) is 12.5 Å². The zero-order valence-corrected chi connectivity index (χ0v) is 14.3. The molecule has 0 spiro atoms. The fraction of sp³-hybridized carbons (Fsp3) is 0.579. The molecule has 3 nitrogen and oxygen atoms in total. The molecule has 0 heterocycles. The zero-order chi connectivity index (χ0) is 16.6. The van der Waals surface area contributed by atoms with Crippen LogP contribution in [-0.2, 0) is 16.0 Å². The van der Waals surface area contributed by atoms with Gasteiger partial charge in [0.2, 0.25) is 5.78 Å². The number of esters is 1. The first-order valence-corrected chi connectivity index (χ1v) is 8.20. The maximum atomic E-state index is 12.4. The van der Waals surface area contributed by atoms with Crippen molar-refractivity contribution in [1.29, 1.82) is 0 Å². The van der Waals surface area contributed by atoms with Gasteiger partial charge in [-0.3, -0.25) is 9.59 Å². The van der Waals surface area contributed by atoms with Crippen molar-refractivity contribution in [2.45, 2.75) is 71.8 Å². The minimum absolute atomic E-state index is 0.169. The molecule has 122 valence electrons. The molecule has 22 heavy (non-hydrogen) atoms. The Bertz CT molecular complexity index is 486. The monoisotopic (exact) mass is 304 g/mol. The highest BCUT2D eigenvalue weighted by Crippen LogP contribution is 2.19. The maximum Gasteiger partial charge on any atom is 0.303 e.